The van der Waals surface area contributed by atoms with Crippen molar-refractivity contribution >= 4 is 17.2 Å². The normalized spacial score (nSPS) is 21.0. The van der Waals surface area contributed by atoms with Crippen molar-refractivity contribution in [3.8, 4) is 10.4 Å². The zero-order valence-electron chi connectivity index (χ0n) is 12.4. The third-order valence-corrected chi connectivity index (χ3v) is 4.83. The minimum absolute atomic E-state index is 0.0565. The molecule has 0 unspecified atom stereocenters. The van der Waals surface area contributed by atoms with E-state index in [9.17, 15) is 9.90 Å². The number of aryl methyl sites for hydroxylation is 1. The van der Waals surface area contributed by atoms with Gasteiger partial charge < -0.3 is 15.7 Å². The van der Waals surface area contributed by atoms with Crippen molar-refractivity contribution in [1.82, 2.24) is 15.6 Å². The van der Waals surface area contributed by atoms with Crippen molar-refractivity contribution in [3.63, 3.8) is 0 Å². The van der Waals surface area contributed by atoms with E-state index in [0.29, 0.717) is 19.5 Å². The molecule has 6 heteroatoms. The Morgan fingerprint density at radius 2 is 2.23 bits per heavy atom. The third-order valence-electron chi connectivity index (χ3n) is 3.85. The second-order valence-corrected chi connectivity index (χ2v) is 6.39. The summed E-state index contributed by atoms with van der Waals surface area (Å²) >= 11 is 1.63. The first-order chi connectivity index (χ1) is 10.6. The Labute approximate surface area is 133 Å². The highest BCUT2D eigenvalue weighted by molar-refractivity contribution is 7.13. The summed E-state index contributed by atoms with van der Waals surface area (Å²) in [6, 6.07) is 7.87. The molecule has 1 amide bonds. The maximum atomic E-state index is 12.0. The Hall–Kier alpha value is -1.76. The maximum Gasteiger partial charge on any atom is 0.237 e. The molecule has 0 bridgehead atoms. The first-order valence-corrected chi connectivity index (χ1v) is 8.20. The molecule has 1 aliphatic rings. The lowest BCUT2D eigenvalue weighted by molar-refractivity contribution is -0.123. The summed E-state index contributed by atoms with van der Waals surface area (Å²) in [7, 11) is 0. The van der Waals surface area contributed by atoms with Crippen LogP contribution in [0, 0.1) is 6.92 Å². The van der Waals surface area contributed by atoms with Crippen LogP contribution in [0.3, 0.4) is 0 Å². The lowest BCUT2D eigenvalue weighted by atomic mass is 10.1. The summed E-state index contributed by atoms with van der Waals surface area (Å²) in [5.41, 5.74) is 5.09. The molecule has 1 aliphatic heterocycles. The Balaban J connectivity index is 1.57. The molecule has 116 valence electrons. The number of carbonyl (C=O) groups is 1. The van der Waals surface area contributed by atoms with Gasteiger partial charge in [-0.05, 0) is 24.5 Å². The Bertz CT molecular complexity index is 654. The van der Waals surface area contributed by atoms with E-state index >= 15 is 0 Å². The van der Waals surface area contributed by atoms with Crippen LogP contribution in [0.1, 0.15) is 17.7 Å². The Kier molecular flexibility index (Phi) is 4.52. The SMILES string of the molecule is Cc1ncsc1-c1ccc(CNC(=O)[C@H]2C[C@@H](O)CN2)cc1. The molecule has 2 aromatic rings. The standard InChI is InChI=1S/C16H19N3O2S/c1-10-15(22-9-19-10)12-4-2-11(3-5-12)7-18-16(21)14-6-13(20)8-17-14/h2-5,9,13-14,17,20H,6-8H2,1H3,(H,18,21)/t13-,14-/m1/s1. The first-order valence-electron chi connectivity index (χ1n) is 7.32. The molecule has 0 spiro atoms. The molecule has 2 atom stereocenters. The van der Waals surface area contributed by atoms with Gasteiger partial charge in [-0.3, -0.25) is 4.79 Å². The van der Waals surface area contributed by atoms with Gasteiger partial charge in [-0.15, -0.1) is 11.3 Å². The monoisotopic (exact) mass is 317 g/mol. The van der Waals surface area contributed by atoms with Crippen LogP contribution in [0.2, 0.25) is 0 Å². The molecule has 22 heavy (non-hydrogen) atoms. The van der Waals surface area contributed by atoms with Crippen molar-refractivity contribution in [1.29, 1.82) is 0 Å². The number of β-amino-alcohol motifs (C(OH)–C–C–N with tert-alkyl or cyclic N) is 1. The molecule has 0 saturated carbocycles. The number of nitrogens with one attached hydrogen (secondary N) is 2. The van der Waals surface area contributed by atoms with Gasteiger partial charge in [0, 0.05) is 13.1 Å². The molecule has 5 nitrogen and oxygen atoms in total. The first kappa shape index (κ1) is 15.1. The zero-order valence-corrected chi connectivity index (χ0v) is 13.2. The number of rotatable bonds is 4. The fourth-order valence-electron chi connectivity index (χ4n) is 2.58. The Morgan fingerprint density at radius 3 is 2.82 bits per heavy atom. The van der Waals surface area contributed by atoms with Gasteiger partial charge in [0.25, 0.3) is 0 Å². The van der Waals surface area contributed by atoms with E-state index in [1.807, 2.05) is 24.6 Å². The summed E-state index contributed by atoms with van der Waals surface area (Å²) in [6.07, 6.45) is 0.0628. The molecule has 1 saturated heterocycles. The van der Waals surface area contributed by atoms with Gasteiger partial charge in [0.2, 0.25) is 5.91 Å². The van der Waals surface area contributed by atoms with Crippen molar-refractivity contribution in [2.45, 2.75) is 32.0 Å². The molecule has 1 aromatic heterocycles. The van der Waals surface area contributed by atoms with Crippen LogP contribution >= 0.6 is 11.3 Å². The number of aliphatic hydroxyl groups is 1. The lowest BCUT2D eigenvalue weighted by Crippen LogP contribution is -2.39. The highest BCUT2D eigenvalue weighted by atomic mass is 32.1. The van der Waals surface area contributed by atoms with Gasteiger partial charge >= 0.3 is 0 Å². The summed E-state index contributed by atoms with van der Waals surface area (Å²) in [5.74, 6) is -0.0565. The molecular weight excluding hydrogens is 298 g/mol. The number of hydrogen-bond acceptors (Lipinski definition) is 5. The number of hydrogen-bond donors (Lipinski definition) is 3. The van der Waals surface area contributed by atoms with E-state index in [2.05, 4.69) is 27.8 Å². The average molecular weight is 317 g/mol. The largest absolute Gasteiger partial charge is 0.392 e. The van der Waals surface area contributed by atoms with Crippen molar-refractivity contribution in [2.24, 2.45) is 0 Å². The van der Waals surface area contributed by atoms with Crippen LogP contribution in [0.15, 0.2) is 29.8 Å². The quantitative estimate of drug-likeness (QED) is 0.798. The van der Waals surface area contributed by atoms with Gasteiger partial charge in [0.15, 0.2) is 0 Å². The van der Waals surface area contributed by atoms with Crippen LogP contribution < -0.4 is 10.6 Å². The van der Waals surface area contributed by atoms with Gasteiger partial charge in [0.05, 0.1) is 28.2 Å². The van der Waals surface area contributed by atoms with Crippen LogP contribution in [-0.2, 0) is 11.3 Å². The van der Waals surface area contributed by atoms with E-state index in [-0.39, 0.29) is 11.9 Å². The second-order valence-electron chi connectivity index (χ2n) is 5.53. The Morgan fingerprint density at radius 1 is 1.45 bits per heavy atom. The van der Waals surface area contributed by atoms with E-state index in [0.717, 1.165) is 16.8 Å². The molecular formula is C16H19N3O2S. The number of thiazole rings is 1. The zero-order chi connectivity index (χ0) is 15.5. The number of amides is 1. The molecule has 0 radical (unpaired) electrons. The van der Waals surface area contributed by atoms with Crippen molar-refractivity contribution in [3.05, 3.63) is 41.0 Å². The van der Waals surface area contributed by atoms with Crippen molar-refractivity contribution < 1.29 is 9.90 Å². The van der Waals surface area contributed by atoms with E-state index < -0.39 is 6.10 Å². The van der Waals surface area contributed by atoms with E-state index in [1.54, 1.807) is 11.3 Å². The highest BCUT2D eigenvalue weighted by Gasteiger charge is 2.27. The van der Waals surface area contributed by atoms with Crippen LogP contribution in [0.4, 0.5) is 0 Å². The predicted molar refractivity (Wildman–Crippen MR) is 86.5 cm³/mol. The summed E-state index contributed by atoms with van der Waals surface area (Å²) in [5, 5.41) is 15.3. The van der Waals surface area contributed by atoms with Crippen molar-refractivity contribution in [2.75, 3.05) is 6.54 Å². The van der Waals surface area contributed by atoms with Crippen LogP contribution in [-0.4, -0.2) is 34.7 Å². The maximum absolute atomic E-state index is 12.0. The molecule has 0 aliphatic carbocycles. The predicted octanol–water partition coefficient (Wildman–Crippen LogP) is 1.46. The lowest BCUT2D eigenvalue weighted by Gasteiger charge is -2.11. The van der Waals surface area contributed by atoms with Gasteiger partial charge in [-0.2, -0.15) is 0 Å². The summed E-state index contributed by atoms with van der Waals surface area (Å²) < 4.78 is 0. The number of carbonyl (C=O) groups excluding carboxylic acids is 1. The van der Waals surface area contributed by atoms with Gasteiger partial charge in [0.1, 0.15) is 0 Å². The molecule has 1 aromatic carbocycles. The number of aromatic nitrogens is 1. The molecule has 1 fully saturated rings. The average Bonchev–Trinajstić information content (AvgIpc) is 3.14. The highest BCUT2D eigenvalue weighted by Crippen LogP contribution is 2.27. The third kappa shape index (κ3) is 3.35. The number of nitrogens with zero attached hydrogens (tertiary/aromatic N) is 1. The topological polar surface area (TPSA) is 74.2 Å². The second kappa shape index (κ2) is 6.56. The molecule has 3 rings (SSSR count). The minimum atomic E-state index is -0.419. The molecule has 3 N–H and O–H groups in total. The van der Waals surface area contributed by atoms with Crippen LogP contribution in [0.5, 0.6) is 0 Å². The minimum Gasteiger partial charge on any atom is -0.392 e. The molecule has 2 heterocycles. The number of benzene rings is 1. The fourth-order valence-corrected chi connectivity index (χ4v) is 3.39. The fraction of sp³-hybridized carbons (Fsp3) is 0.375. The van der Waals surface area contributed by atoms with Gasteiger partial charge in [-0.1, -0.05) is 24.3 Å². The van der Waals surface area contributed by atoms with E-state index in [4.69, 9.17) is 0 Å². The summed E-state index contributed by atoms with van der Waals surface area (Å²) in [4.78, 5) is 17.4. The number of aliphatic hydroxyl groups excluding tert-OH is 1. The smallest absolute Gasteiger partial charge is 0.237 e. The van der Waals surface area contributed by atoms with Crippen LogP contribution in [0.25, 0.3) is 10.4 Å². The van der Waals surface area contributed by atoms with E-state index in [1.165, 1.54) is 4.88 Å². The van der Waals surface area contributed by atoms with Gasteiger partial charge in [-0.25, -0.2) is 4.98 Å². The summed E-state index contributed by atoms with van der Waals surface area (Å²) in [6.45, 7) is 2.99.